The van der Waals surface area contributed by atoms with Crippen molar-refractivity contribution in [1.29, 1.82) is 0 Å². The number of fused-ring (bicyclic) bond motifs is 1. The first-order valence-corrected chi connectivity index (χ1v) is 5.17. The minimum absolute atomic E-state index is 0.102. The first-order chi connectivity index (χ1) is 6.93. The highest BCUT2D eigenvalue weighted by Crippen LogP contribution is 2.61. The first-order valence-electron chi connectivity index (χ1n) is 5.17. The van der Waals surface area contributed by atoms with Gasteiger partial charge in [-0.2, -0.15) is 0 Å². The summed E-state index contributed by atoms with van der Waals surface area (Å²) in [5.41, 5.74) is 0.386. The van der Waals surface area contributed by atoms with Gasteiger partial charge in [0.1, 0.15) is 6.54 Å². The fourth-order valence-corrected chi connectivity index (χ4v) is 2.60. The third-order valence-electron chi connectivity index (χ3n) is 3.87. The highest BCUT2D eigenvalue weighted by molar-refractivity contribution is 5.82. The SMILES string of the molecule is CC1(C)C2CN(C(=O)CNC(=O)O)CC21. The Kier molecular flexibility index (Phi) is 2.13. The predicted octanol–water partition coefficient (Wildman–Crippen LogP) is 0.368. The predicted molar refractivity (Wildman–Crippen MR) is 53.4 cm³/mol. The van der Waals surface area contributed by atoms with Gasteiger partial charge in [0.2, 0.25) is 5.91 Å². The van der Waals surface area contributed by atoms with Crippen LogP contribution in [0.2, 0.25) is 0 Å². The smallest absolute Gasteiger partial charge is 0.405 e. The van der Waals surface area contributed by atoms with Crippen molar-refractivity contribution in [3.05, 3.63) is 0 Å². The van der Waals surface area contributed by atoms with Crippen LogP contribution in [-0.2, 0) is 4.79 Å². The third kappa shape index (κ3) is 1.66. The molecule has 2 aliphatic rings. The standard InChI is InChI=1S/C10H16N2O3/c1-10(2)6-4-12(5-7(6)10)8(13)3-11-9(14)15/h6-7,11H,3-5H2,1-2H3,(H,14,15). The van der Waals surface area contributed by atoms with Gasteiger partial charge in [-0.05, 0) is 17.3 Å². The molecule has 5 nitrogen and oxygen atoms in total. The molecule has 2 fully saturated rings. The van der Waals surface area contributed by atoms with Gasteiger partial charge in [0, 0.05) is 13.1 Å². The number of hydrogen-bond acceptors (Lipinski definition) is 2. The summed E-state index contributed by atoms with van der Waals surface area (Å²) >= 11 is 0. The van der Waals surface area contributed by atoms with Crippen molar-refractivity contribution < 1.29 is 14.7 Å². The molecule has 2 rings (SSSR count). The van der Waals surface area contributed by atoms with Crippen LogP contribution >= 0.6 is 0 Å². The van der Waals surface area contributed by atoms with E-state index in [0.29, 0.717) is 17.3 Å². The van der Waals surface area contributed by atoms with Crippen molar-refractivity contribution in [2.24, 2.45) is 17.3 Å². The van der Waals surface area contributed by atoms with E-state index in [1.165, 1.54) is 0 Å². The van der Waals surface area contributed by atoms with Gasteiger partial charge in [-0.3, -0.25) is 4.79 Å². The number of hydrogen-bond donors (Lipinski definition) is 2. The zero-order valence-electron chi connectivity index (χ0n) is 8.99. The van der Waals surface area contributed by atoms with Crippen molar-refractivity contribution in [3.8, 4) is 0 Å². The zero-order valence-corrected chi connectivity index (χ0v) is 8.99. The van der Waals surface area contributed by atoms with Crippen molar-refractivity contribution in [1.82, 2.24) is 10.2 Å². The molecule has 2 amide bonds. The summed E-state index contributed by atoms with van der Waals surface area (Å²) in [4.78, 5) is 23.5. The minimum Gasteiger partial charge on any atom is -0.465 e. The van der Waals surface area contributed by atoms with Crippen LogP contribution in [0.1, 0.15) is 13.8 Å². The number of piperidine rings is 1. The Labute approximate surface area is 88.4 Å². The molecule has 0 aromatic heterocycles. The number of carboxylic acid groups (broad SMARTS) is 1. The second-order valence-corrected chi connectivity index (χ2v) is 4.99. The molecule has 2 unspecified atom stereocenters. The average Bonchev–Trinajstić information content (AvgIpc) is 2.55. The van der Waals surface area contributed by atoms with Crippen LogP contribution in [0.5, 0.6) is 0 Å². The monoisotopic (exact) mass is 212 g/mol. The molecule has 84 valence electrons. The number of carbonyl (C=O) groups is 2. The number of nitrogens with zero attached hydrogens (tertiary/aromatic N) is 1. The van der Waals surface area contributed by atoms with E-state index in [1.807, 2.05) is 0 Å². The quantitative estimate of drug-likeness (QED) is 0.694. The Bertz CT molecular complexity index is 300. The highest BCUT2D eigenvalue weighted by Gasteiger charge is 2.62. The van der Waals surface area contributed by atoms with Crippen molar-refractivity contribution in [2.45, 2.75) is 13.8 Å². The Balaban J connectivity index is 1.79. The molecule has 1 heterocycles. The van der Waals surface area contributed by atoms with Crippen LogP contribution in [0.3, 0.4) is 0 Å². The summed E-state index contributed by atoms with van der Waals surface area (Å²) in [6.07, 6.45) is -1.15. The first kappa shape index (κ1) is 10.3. The largest absolute Gasteiger partial charge is 0.465 e. The zero-order chi connectivity index (χ0) is 11.2. The molecule has 0 spiro atoms. The molecule has 0 aromatic rings. The summed E-state index contributed by atoms with van der Waals surface area (Å²) < 4.78 is 0. The van der Waals surface area contributed by atoms with Gasteiger partial charge in [-0.25, -0.2) is 4.79 Å². The molecule has 0 bridgehead atoms. The number of amides is 2. The average molecular weight is 212 g/mol. The topological polar surface area (TPSA) is 69.6 Å². The van der Waals surface area contributed by atoms with Crippen LogP contribution in [0, 0.1) is 17.3 Å². The molecule has 0 aromatic carbocycles. The van der Waals surface area contributed by atoms with Crippen molar-refractivity contribution in [2.75, 3.05) is 19.6 Å². The molecule has 5 heteroatoms. The number of carbonyl (C=O) groups excluding carboxylic acids is 1. The molecule has 1 aliphatic heterocycles. The molecule has 1 saturated heterocycles. The van der Waals surface area contributed by atoms with Crippen LogP contribution in [-0.4, -0.2) is 41.6 Å². The molecule has 1 aliphatic carbocycles. The molecular weight excluding hydrogens is 196 g/mol. The van der Waals surface area contributed by atoms with E-state index in [9.17, 15) is 9.59 Å². The fraction of sp³-hybridized carbons (Fsp3) is 0.800. The van der Waals surface area contributed by atoms with Gasteiger partial charge in [-0.15, -0.1) is 0 Å². The summed E-state index contributed by atoms with van der Waals surface area (Å²) in [5.74, 6) is 1.12. The Morgan fingerprint density at radius 2 is 1.93 bits per heavy atom. The molecule has 2 atom stereocenters. The summed E-state index contributed by atoms with van der Waals surface area (Å²) in [6.45, 7) is 5.92. The van der Waals surface area contributed by atoms with Crippen molar-refractivity contribution >= 4 is 12.0 Å². The second kappa shape index (κ2) is 3.12. The third-order valence-corrected chi connectivity index (χ3v) is 3.87. The molecule has 2 N–H and O–H groups in total. The van der Waals surface area contributed by atoms with Gasteiger partial charge in [-0.1, -0.05) is 13.8 Å². The maximum absolute atomic E-state index is 11.5. The van der Waals surface area contributed by atoms with Gasteiger partial charge in [0.25, 0.3) is 0 Å². The molecule has 1 saturated carbocycles. The van der Waals surface area contributed by atoms with E-state index in [-0.39, 0.29) is 12.5 Å². The second-order valence-electron chi connectivity index (χ2n) is 4.99. The van der Waals surface area contributed by atoms with E-state index in [0.717, 1.165) is 13.1 Å². The Morgan fingerprint density at radius 3 is 2.40 bits per heavy atom. The van der Waals surface area contributed by atoms with E-state index in [4.69, 9.17) is 5.11 Å². The molecule has 0 radical (unpaired) electrons. The van der Waals surface area contributed by atoms with E-state index in [1.54, 1.807) is 4.90 Å². The summed E-state index contributed by atoms with van der Waals surface area (Å²) in [5, 5.41) is 10.5. The lowest BCUT2D eigenvalue weighted by Gasteiger charge is -2.21. The number of likely N-dealkylation sites (tertiary alicyclic amines) is 1. The summed E-state index contributed by atoms with van der Waals surface area (Å²) in [7, 11) is 0. The maximum atomic E-state index is 11.5. The Hall–Kier alpha value is -1.26. The maximum Gasteiger partial charge on any atom is 0.405 e. The van der Waals surface area contributed by atoms with Gasteiger partial charge < -0.3 is 15.3 Å². The molecule has 15 heavy (non-hydrogen) atoms. The number of nitrogens with one attached hydrogen (secondary N) is 1. The van der Waals surface area contributed by atoms with E-state index < -0.39 is 6.09 Å². The van der Waals surface area contributed by atoms with Crippen LogP contribution in [0.25, 0.3) is 0 Å². The fourth-order valence-electron chi connectivity index (χ4n) is 2.60. The lowest BCUT2D eigenvalue weighted by molar-refractivity contribution is -0.129. The summed E-state index contributed by atoms with van der Waals surface area (Å²) in [6, 6.07) is 0. The minimum atomic E-state index is -1.15. The van der Waals surface area contributed by atoms with Crippen LogP contribution < -0.4 is 5.32 Å². The van der Waals surface area contributed by atoms with E-state index in [2.05, 4.69) is 19.2 Å². The van der Waals surface area contributed by atoms with Gasteiger partial charge in [0.15, 0.2) is 0 Å². The lowest BCUT2D eigenvalue weighted by Crippen LogP contribution is -2.40. The van der Waals surface area contributed by atoms with Gasteiger partial charge in [0.05, 0.1) is 0 Å². The van der Waals surface area contributed by atoms with Crippen LogP contribution in [0.4, 0.5) is 4.79 Å². The lowest BCUT2D eigenvalue weighted by atomic mass is 10.1. The van der Waals surface area contributed by atoms with Gasteiger partial charge >= 0.3 is 6.09 Å². The Morgan fingerprint density at radius 1 is 1.40 bits per heavy atom. The van der Waals surface area contributed by atoms with Crippen molar-refractivity contribution in [3.63, 3.8) is 0 Å². The number of rotatable bonds is 2. The van der Waals surface area contributed by atoms with E-state index >= 15 is 0 Å². The highest BCUT2D eigenvalue weighted by atomic mass is 16.4. The molecular formula is C10H16N2O3. The normalized spacial score (nSPS) is 30.9. The van der Waals surface area contributed by atoms with Crippen LogP contribution in [0.15, 0.2) is 0 Å².